The van der Waals surface area contributed by atoms with Gasteiger partial charge < -0.3 is 21.3 Å². The molecule has 0 fully saturated rings. The number of ether oxygens (including phenoxy) is 1. The maximum Gasteiger partial charge on any atom is 0.225 e. The molecule has 14 heavy (non-hydrogen) atoms. The van der Waals surface area contributed by atoms with Gasteiger partial charge >= 0.3 is 0 Å². The van der Waals surface area contributed by atoms with Crippen molar-refractivity contribution in [2.75, 3.05) is 31.3 Å². The first-order chi connectivity index (χ1) is 6.72. The van der Waals surface area contributed by atoms with Gasteiger partial charge in [-0.15, -0.1) is 0 Å². The molecule has 5 N–H and O–H groups in total. The topological polar surface area (TPSA) is 120 Å². The second-order valence-corrected chi connectivity index (χ2v) is 2.55. The Bertz CT molecular complexity index is 273. The van der Waals surface area contributed by atoms with Crippen LogP contribution in [0.5, 0.6) is 0 Å². The number of hydrogen-bond donors (Lipinski definition) is 3. The van der Waals surface area contributed by atoms with Gasteiger partial charge in [0.2, 0.25) is 11.9 Å². The second kappa shape index (κ2) is 5.30. The average Bonchev–Trinajstić information content (AvgIpc) is 2.11. The minimum atomic E-state index is 0.00147. The van der Waals surface area contributed by atoms with E-state index in [0.29, 0.717) is 25.5 Å². The maximum atomic E-state index is 8.45. The van der Waals surface area contributed by atoms with Crippen LogP contribution in [0.4, 0.5) is 11.9 Å². The fourth-order valence-electron chi connectivity index (χ4n) is 0.899. The molecule has 0 saturated carbocycles. The Kier molecular flexibility index (Phi) is 4.02. The SMILES string of the molecule is Nc1nc(N)nc(CCOCCO)n1. The molecule has 1 rings (SSSR count). The Morgan fingerprint density at radius 1 is 1.07 bits per heavy atom. The monoisotopic (exact) mass is 199 g/mol. The fraction of sp³-hybridized carbons (Fsp3) is 0.571. The van der Waals surface area contributed by atoms with Gasteiger partial charge in [-0.3, -0.25) is 0 Å². The highest BCUT2D eigenvalue weighted by molar-refractivity contribution is 5.25. The summed E-state index contributed by atoms with van der Waals surface area (Å²) in [6, 6.07) is 0. The van der Waals surface area contributed by atoms with Gasteiger partial charge in [-0.05, 0) is 0 Å². The van der Waals surface area contributed by atoms with E-state index in [1.165, 1.54) is 0 Å². The molecule has 7 nitrogen and oxygen atoms in total. The van der Waals surface area contributed by atoms with Crippen molar-refractivity contribution in [3.63, 3.8) is 0 Å². The second-order valence-electron chi connectivity index (χ2n) is 2.55. The molecule has 0 bridgehead atoms. The molecular formula is C7H13N5O2. The molecule has 0 aliphatic heterocycles. The zero-order valence-corrected chi connectivity index (χ0v) is 7.68. The molecule has 7 heteroatoms. The van der Waals surface area contributed by atoms with Crippen LogP contribution in [0.2, 0.25) is 0 Å². The van der Waals surface area contributed by atoms with Gasteiger partial charge in [0, 0.05) is 6.42 Å². The lowest BCUT2D eigenvalue weighted by molar-refractivity contribution is 0.0936. The van der Waals surface area contributed by atoms with Crippen LogP contribution >= 0.6 is 0 Å². The predicted molar refractivity (Wildman–Crippen MR) is 50.3 cm³/mol. The zero-order valence-electron chi connectivity index (χ0n) is 7.68. The molecule has 1 aromatic heterocycles. The summed E-state index contributed by atoms with van der Waals surface area (Å²) in [5.74, 6) is 0.706. The number of rotatable bonds is 5. The Morgan fingerprint density at radius 2 is 1.71 bits per heavy atom. The number of nitrogen functional groups attached to an aromatic ring is 2. The first-order valence-corrected chi connectivity index (χ1v) is 4.17. The van der Waals surface area contributed by atoms with Crippen LogP contribution in [0.15, 0.2) is 0 Å². The first-order valence-electron chi connectivity index (χ1n) is 4.17. The van der Waals surface area contributed by atoms with E-state index in [1.54, 1.807) is 0 Å². The summed E-state index contributed by atoms with van der Waals surface area (Å²) in [5, 5.41) is 8.45. The molecule has 0 aromatic carbocycles. The number of aromatic nitrogens is 3. The maximum absolute atomic E-state index is 8.45. The van der Waals surface area contributed by atoms with E-state index in [0.717, 1.165) is 0 Å². The summed E-state index contributed by atoms with van der Waals surface area (Å²) in [5.41, 5.74) is 10.7. The van der Waals surface area contributed by atoms with E-state index in [4.69, 9.17) is 21.3 Å². The van der Waals surface area contributed by atoms with Crippen LogP contribution in [0.1, 0.15) is 5.82 Å². The lowest BCUT2D eigenvalue weighted by Gasteiger charge is -2.02. The first kappa shape index (κ1) is 10.6. The van der Waals surface area contributed by atoms with E-state index in [-0.39, 0.29) is 18.5 Å². The van der Waals surface area contributed by atoms with Crippen molar-refractivity contribution in [2.45, 2.75) is 6.42 Å². The molecule has 1 heterocycles. The summed E-state index contributed by atoms with van der Waals surface area (Å²) in [6.07, 6.45) is 0.497. The van der Waals surface area contributed by atoms with E-state index in [9.17, 15) is 0 Å². The normalized spacial score (nSPS) is 10.4. The van der Waals surface area contributed by atoms with Gasteiger partial charge in [0.05, 0.1) is 19.8 Å². The molecule has 78 valence electrons. The van der Waals surface area contributed by atoms with Gasteiger partial charge in [0.25, 0.3) is 0 Å². The van der Waals surface area contributed by atoms with Crippen LogP contribution in [0.3, 0.4) is 0 Å². The lowest BCUT2D eigenvalue weighted by Crippen LogP contribution is -2.10. The van der Waals surface area contributed by atoms with Gasteiger partial charge in [-0.1, -0.05) is 0 Å². The van der Waals surface area contributed by atoms with Crippen molar-refractivity contribution < 1.29 is 9.84 Å². The lowest BCUT2D eigenvalue weighted by atomic mass is 10.4. The third-order valence-corrected chi connectivity index (χ3v) is 1.42. The molecule has 0 aliphatic carbocycles. The molecule has 0 atom stereocenters. The summed E-state index contributed by atoms with van der Waals surface area (Å²) in [4.78, 5) is 11.4. The average molecular weight is 199 g/mol. The number of nitrogens with zero attached hydrogens (tertiary/aromatic N) is 3. The van der Waals surface area contributed by atoms with E-state index in [2.05, 4.69) is 15.0 Å². The Balaban J connectivity index is 2.42. The highest BCUT2D eigenvalue weighted by Crippen LogP contribution is 1.99. The van der Waals surface area contributed by atoms with Crippen LogP contribution in [-0.2, 0) is 11.2 Å². The molecule has 0 aliphatic rings. The molecule has 0 spiro atoms. The van der Waals surface area contributed by atoms with Crippen molar-refractivity contribution in [1.29, 1.82) is 0 Å². The number of nitrogens with two attached hydrogens (primary N) is 2. The summed E-state index contributed by atoms with van der Waals surface area (Å²) >= 11 is 0. The fourth-order valence-corrected chi connectivity index (χ4v) is 0.899. The predicted octanol–water partition coefficient (Wildman–Crippen LogP) is -1.41. The number of hydrogen-bond acceptors (Lipinski definition) is 7. The van der Waals surface area contributed by atoms with E-state index < -0.39 is 0 Å². The van der Waals surface area contributed by atoms with Crippen molar-refractivity contribution >= 4 is 11.9 Å². The third-order valence-electron chi connectivity index (χ3n) is 1.42. The number of anilines is 2. The van der Waals surface area contributed by atoms with Crippen LogP contribution in [0, 0.1) is 0 Å². The zero-order chi connectivity index (χ0) is 10.4. The molecule has 0 radical (unpaired) electrons. The van der Waals surface area contributed by atoms with Crippen LogP contribution in [-0.4, -0.2) is 39.9 Å². The standard InChI is InChI=1S/C7H13N5O2/c8-6-10-5(11-7(9)12-6)1-3-14-4-2-13/h13H,1-4H2,(H4,8,9,10,11,12). The highest BCUT2D eigenvalue weighted by atomic mass is 16.5. The van der Waals surface area contributed by atoms with Crippen LogP contribution < -0.4 is 11.5 Å². The van der Waals surface area contributed by atoms with E-state index >= 15 is 0 Å². The number of aliphatic hydroxyl groups excluding tert-OH is 1. The third kappa shape index (κ3) is 3.50. The summed E-state index contributed by atoms with van der Waals surface area (Å²) in [6.45, 7) is 0.723. The summed E-state index contributed by atoms with van der Waals surface area (Å²) < 4.78 is 5.03. The quantitative estimate of drug-likeness (QED) is 0.498. The highest BCUT2D eigenvalue weighted by Gasteiger charge is 2.01. The smallest absolute Gasteiger partial charge is 0.225 e. The molecule has 0 unspecified atom stereocenters. The Morgan fingerprint density at radius 3 is 2.29 bits per heavy atom. The molecule has 1 aromatic rings. The van der Waals surface area contributed by atoms with E-state index in [1.807, 2.05) is 0 Å². The van der Waals surface area contributed by atoms with Crippen molar-refractivity contribution in [3.8, 4) is 0 Å². The Hall–Kier alpha value is -1.47. The van der Waals surface area contributed by atoms with Gasteiger partial charge in [0.1, 0.15) is 5.82 Å². The molecular weight excluding hydrogens is 186 g/mol. The molecule has 0 saturated heterocycles. The molecule has 0 amide bonds. The number of aliphatic hydroxyl groups is 1. The van der Waals surface area contributed by atoms with Crippen molar-refractivity contribution in [3.05, 3.63) is 5.82 Å². The minimum absolute atomic E-state index is 0.00147. The Labute approximate surface area is 81.1 Å². The summed E-state index contributed by atoms with van der Waals surface area (Å²) in [7, 11) is 0. The van der Waals surface area contributed by atoms with Crippen LogP contribution in [0.25, 0.3) is 0 Å². The van der Waals surface area contributed by atoms with Gasteiger partial charge in [0.15, 0.2) is 0 Å². The van der Waals surface area contributed by atoms with Crippen molar-refractivity contribution in [1.82, 2.24) is 15.0 Å². The van der Waals surface area contributed by atoms with Crippen molar-refractivity contribution in [2.24, 2.45) is 0 Å². The minimum Gasteiger partial charge on any atom is -0.394 e. The largest absolute Gasteiger partial charge is 0.394 e. The van der Waals surface area contributed by atoms with Gasteiger partial charge in [-0.2, -0.15) is 15.0 Å². The van der Waals surface area contributed by atoms with Gasteiger partial charge in [-0.25, -0.2) is 0 Å².